The molecule has 1 amide bonds. The molecule has 3 rings (SSSR count). The number of likely N-dealkylation sites (tertiary alicyclic amines) is 1. The highest BCUT2D eigenvalue weighted by Gasteiger charge is 2.28. The lowest BCUT2D eigenvalue weighted by Gasteiger charge is -2.24. The van der Waals surface area contributed by atoms with E-state index in [1.54, 1.807) is 13.1 Å². The molecule has 1 aliphatic heterocycles. The molecule has 1 atom stereocenters. The van der Waals surface area contributed by atoms with Crippen molar-refractivity contribution < 1.29 is 4.79 Å². The van der Waals surface area contributed by atoms with Gasteiger partial charge in [0, 0.05) is 31.6 Å². The van der Waals surface area contributed by atoms with Crippen LogP contribution in [0, 0.1) is 0 Å². The van der Waals surface area contributed by atoms with Gasteiger partial charge in [0.15, 0.2) is 0 Å². The summed E-state index contributed by atoms with van der Waals surface area (Å²) in [6.45, 7) is 1.61. The Hall–Kier alpha value is -2.21. The molecule has 1 aromatic heterocycles. The van der Waals surface area contributed by atoms with E-state index in [2.05, 4.69) is 10.4 Å². The maximum Gasteiger partial charge on any atom is 0.274 e. The quantitative estimate of drug-likeness (QED) is 0.901. The molecule has 6 heteroatoms. The summed E-state index contributed by atoms with van der Waals surface area (Å²) >= 11 is 0. The lowest BCUT2D eigenvalue weighted by atomic mass is 10.1. The van der Waals surface area contributed by atoms with Crippen LogP contribution in [-0.2, 0) is 18.3 Å². The first-order chi connectivity index (χ1) is 11.1. The Morgan fingerprint density at radius 1 is 1.35 bits per heavy atom. The molecule has 0 aliphatic carbocycles. The van der Waals surface area contributed by atoms with Crippen LogP contribution in [0.25, 0.3) is 10.8 Å². The molecule has 1 fully saturated rings. The third kappa shape index (κ3) is 2.99. The number of nitrogens with one attached hydrogen (secondary N) is 1. The molecule has 1 saturated heterocycles. The molecule has 2 heterocycles. The highest BCUT2D eigenvalue weighted by atomic mass is 16.2. The van der Waals surface area contributed by atoms with Crippen LogP contribution < -0.4 is 10.9 Å². The molecule has 0 saturated carbocycles. The number of aromatic nitrogens is 2. The Bertz CT molecular complexity index is 784. The van der Waals surface area contributed by atoms with Crippen LogP contribution in [0.1, 0.15) is 18.5 Å². The molecule has 122 valence electrons. The van der Waals surface area contributed by atoms with Crippen LogP contribution >= 0.6 is 0 Å². The van der Waals surface area contributed by atoms with Gasteiger partial charge in [0.1, 0.15) is 0 Å². The minimum absolute atomic E-state index is 0.0825. The minimum atomic E-state index is -0.133. The van der Waals surface area contributed by atoms with Crippen molar-refractivity contribution in [3.63, 3.8) is 0 Å². The predicted octanol–water partition coefficient (Wildman–Crippen LogP) is 0.686. The van der Waals surface area contributed by atoms with Crippen molar-refractivity contribution in [1.82, 2.24) is 20.0 Å². The number of amides is 1. The molecule has 0 radical (unpaired) electrons. The van der Waals surface area contributed by atoms with E-state index in [0.29, 0.717) is 11.1 Å². The van der Waals surface area contributed by atoms with Crippen LogP contribution in [0.2, 0.25) is 0 Å². The topological polar surface area (TPSA) is 67.2 Å². The summed E-state index contributed by atoms with van der Waals surface area (Å²) in [4.78, 5) is 26.8. The summed E-state index contributed by atoms with van der Waals surface area (Å²) in [6, 6.07) is 7.61. The number of benzene rings is 1. The van der Waals surface area contributed by atoms with Gasteiger partial charge in [-0.15, -0.1) is 0 Å². The standard InChI is InChI=1S/C17H22N4O2/c1-18-11-12-6-5-9-21(12)16(22)10-15-13-7-3-4-8-14(13)17(23)20(2)19-15/h3-4,7-8,12,18H,5-6,9-11H2,1-2H3. The zero-order valence-electron chi connectivity index (χ0n) is 13.6. The lowest BCUT2D eigenvalue weighted by molar-refractivity contribution is -0.131. The number of rotatable bonds is 4. The van der Waals surface area contributed by atoms with Crippen LogP contribution in [0.3, 0.4) is 0 Å². The van der Waals surface area contributed by atoms with Crippen molar-refractivity contribution >= 4 is 16.7 Å². The second-order valence-corrected chi connectivity index (χ2v) is 6.04. The van der Waals surface area contributed by atoms with Gasteiger partial charge in [-0.1, -0.05) is 18.2 Å². The molecule has 0 spiro atoms. The van der Waals surface area contributed by atoms with E-state index in [4.69, 9.17) is 0 Å². The number of nitrogens with zero attached hydrogens (tertiary/aromatic N) is 3. The normalized spacial score (nSPS) is 17.8. The monoisotopic (exact) mass is 314 g/mol. The van der Waals surface area contributed by atoms with Gasteiger partial charge in [0.05, 0.1) is 17.5 Å². The first-order valence-corrected chi connectivity index (χ1v) is 8.01. The summed E-state index contributed by atoms with van der Waals surface area (Å²) < 4.78 is 1.32. The Morgan fingerprint density at radius 3 is 2.83 bits per heavy atom. The SMILES string of the molecule is CNCC1CCCN1C(=O)Cc1nn(C)c(=O)c2ccccc12. The Kier molecular flexibility index (Phi) is 4.43. The Balaban J connectivity index is 1.91. The maximum absolute atomic E-state index is 12.7. The third-order valence-corrected chi connectivity index (χ3v) is 4.49. The van der Waals surface area contributed by atoms with Crippen molar-refractivity contribution in [3.05, 3.63) is 40.3 Å². The smallest absolute Gasteiger partial charge is 0.274 e. The molecule has 1 unspecified atom stereocenters. The van der Waals surface area contributed by atoms with E-state index in [0.717, 1.165) is 31.3 Å². The molecule has 1 aromatic carbocycles. The molecule has 6 nitrogen and oxygen atoms in total. The fraction of sp³-hybridized carbons (Fsp3) is 0.471. The van der Waals surface area contributed by atoms with Crippen LogP contribution in [-0.4, -0.2) is 46.8 Å². The van der Waals surface area contributed by atoms with Crippen LogP contribution in [0.5, 0.6) is 0 Å². The summed E-state index contributed by atoms with van der Waals surface area (Å²) in [7, 11) is 3.53. The third-order valence-electron chi connectivity index (χ3n) is 4.49. The number of carbonyl (C=O) groups is 1. The molecule has 23 heavy (non-hydrogen) atoms. The molecule has 2 aromatic rings. The number of carbonyl (C=O) groups excluding carboxylic acids is 1. The predicted molar refractivity (Wildman–Crippen MR) is 89.3 cm³/mol. The Labute approximate surface area is 135 Å². The van der Waals surface area contributed by atoms with Crippen molar-refractivity contribution in [2.45, 2.75) is 25.3 Å². The zero-order chi connectivity index (χ0) is 16.4. The summed E-state index contributed by atoms with van der Waals surface area (Å²) in [5, 5.41) is 8.86. The summed E-state index contributed by atoms with van der Waals surface area (Å²) in [5.74, 6) is 0.0825. The largest absolute Gasteiger partial charge is 0.338 e. The van der Waals surface area contributed by atoms with Crippen molar-refractivity contribution in [1.29, 1.82) is 0 Å². The first kappa shape index (κ1) is 15.7. The fourth-order valence-electron chi connectivity index (χ4n) is 3.36. The van der Waals surface area contributed by atoms with Gasteiger partial charge in [0.2, 0.25) is 5.91 Å². The summed E-state index contributed by atoms with van der Waals surface area (Å²) in [6.07, 6.45) is 2.31. The van der Waals surface area contributed by atoms with Crippen molar-refractivity contribution in [3.8, 4) is 0 Å². The second-order valence-electron chi connectivity index (χ2n) is 6.04. The highest BCUT2D eigenvalue weighted by Crippen LogP contribution is 2.20. The van der Waals surface area contributed by atoms with E-state index in [1.165, 1.54) is 4.68 Å². The average molecular weight is 314 g/mol. The van der Waals surface area contributed by atoms with E-state index >= 15 is 0 Å². The van der Waals surface area contributed by atoms with Gasteiger partial charge in [-0.25, -0.2) is 4.68 Å². The molecular formula is C17H22N4O2. The lowest BCUT2D eigenvalue weighted by Crippen LogP contribution is -2.41. The second kappa shape index (κ2) is 6.50. The number of aryl methyl sites for hydroxylation is 1. The Morgan fingerprint density at radius 2 is 2.09 bits per heavy atom. The molecule has 1 N–H and O–H groups in total. The minimum Gasteiger partial charge on any atom is -0.338 e. The molecule has 1 aliphatic rings. The molecular weight excluding hydrogens is 292 g/mol. The van der Waals surface area contributed by atoms with E-state index in [-0.39, 0.29) is 23.9 Å². The van der Waals surface area contributed by atoms with Gasteiger partial charge in [-0.05, 0) is 26.0 Å². The molecule has 0 bridgehead atoms. The number of hydrogen-bond donors (Lipinski definition) is 1. The highest BCUT2D eigenvalue weighted by molar-refractivity contribution is 5.88. The van der Waals surface area contributed by atoms with Crippen molar-refractivity contribution in [2.24, 2.45) is 7.05 Å². The zero-order valence-corrected chi connectivity index (χ0v) is 13.6. The van der Waals surface area contributed by atoms with Gasteiger partial charge >= 0.3 is 0 Å². The maximum atomic E-state index is 12.7. The fourth-order valence-corrected chi connectivity index (χ4v) is 3.36. The number of likely N-dealkylation sites (N-methyl/N-ethyl adjacent to an activating group) is 1. The van der Waals surface area contributed by atoms with Gasteiger partial charge in [-0.2, -0.15) is 5.10 Å². The van der Waals surface area contributed by atoms with Crippen LogP contribution in [0.15, 0.2) is 29.1 Å². The van der Waals surface area contributed by atoms with Gasteiger partial charge < -0.3 is 10.2 Å². The number of hydrogen-bond acceptors (Lipinski definition) is 4. The number of fused-ring (bicyclic) bond motifs is 1. The van der Waals surface area contributed by atoms with Gasteiger partial charge in [0.25, 0.3) is 5.56 Å². The van der Waals surface area contributed by atoms with E-state index in [9.17, 15) is 9.59 Å². The van der Waals surface area contributed by atoms with Crippen LogP contribution in [0.4, 0.5) is 0 Å². The van der Waals surface area contributed by atoms with Crippen molar-refractivity contribution in [2.75, 3.05) is 20.1 Å². The summed E-state index contributed by atoms with van der Waals surface area (Å²) in [5.41, 5.74) is 0.536. The average Bonchev–Trinajstić information content (AvgIpc) is 3.01. The first-order valence-electron chi connectivity index (χ1n) is 8.01. The van der Waals surface area contributed by atoms with Gasteiger partial charge in [-0.3, -0.25) is 9.59 Å². The van der Waals surface area contributed by atoms with E-state index in [1.807, 2.05) is 30.1 Å². The van der Waals surface area contributed by atoms with E-state index < -0.39 is 0 Å².